The Morgan fingerprint density at radius 1 is 1.43 bits per heavy atom. The van der Waals surface area contributed by atoms with Gasteiger partial charge in [0, 0.05) is 17.7 Å². The van der Waals surface area contributed by atoms with Crippen molar-refractivity contribution >= 4 is 11.8 Å². The van der Waals surface area contributed by atoms with E-state index in [0.29, 0.717) is 17.7 Å². The third-order valence-corrected chi connectivity index (χ3v) is 2.31. The Labute approximate surface area is 81.1 Å². The summed E-state index contributed by atoms with van der Waals surface area (Å²) in [7, 11) is 0. The minimum Gasteiger partial charge on any atom is -0.366 e. The molecule has 1 aliphatic heterocycles. The summed E-state index contributed by atoms with van der Waals surface area (Å²) in [5, 5.41) is 2.73. The van der Waals surface area contributed by atoms with Crippen LogP contribution in [0.25, 0.3) is 0 Å². The molecule has 2 rings (SSSR count). The number of rotatable bonds is 1. The van der Waals surface area contributed by atoms with Gasteiger partial charge in [-0.15, -0.1) is 0 Å². The van der Waals surface area contributed by atoms with Crippen molar-refractivity contribution in [2.24, 2.45) is 5.73 Å². The predicted octanol–water partition coefficient (Wildman–Crippen LogP) is 0.0714. The third-order valence-electron chi connectivity index (χ3n) is 2.31. The first-order valence-electron chi connectivity index (χ1n) is 4.39. The van der Waals surface area contributed by atoms with E-state index in [1.165, 1.54) is 0 Å². The van der Waals surface area contributed by atoms with E-state index in [1.54, 1.807) is 18.2 Å². The Bertz CT molecular complexity index is 413. The van der Waals surface area contributed by atoms with Crippen LogP contribution in [0.2, 0.25) is 0 Å². The van der Waals surface area contributed by atoms with Crippen molar-refractivity contribution in [2.45, 2.75) is 6.42 Å². The van der Waals surface area contributed by atoms with Gasteiger partial charge in [0.15, 0.2) is 0 Å². The molecule has 72 valence electrons. The molecule has 1 aromatic rings. The molecule has 1 aromatic carbocycles. The Morgan fingerprint density at radius 3 is 2.93 bits per heavy atom. The maximum Gasteiger partial charge on any atom is 0.251 e. The molecular weight excluding hydrogens is 180 g/mol. The minimum absolute atomic E-state index is 0.0812. The van der Waals surface area contributed by atoms with Gasteiger partial charge in [0.2, 0.25) is 5.91 Å². The molecule has 0 saturated heterocycles. The number of primary amides is 1. The number of carbonyl (C=O) groups excluding carboxylic acids is 2. The van der Waals surface area contributed by atoms with E-state index < -0.39 is 5.91 Å². The van der Waals surface area contributed by atoms with Gasteiger partial charge < -0.3 is 11.1 Å². The van der Waals surface area contributed by atoms with Crippen LogP contribution in [-0.4, -0.2) is 18.4 Å². The molecule has 3 N–H and O–H groups in total. The van der Waals surface area contributed by atoms with Crippen molar-refractivity contribution in [3.05, 3.63) is 34.9 Å². The van der Waals surface area contributed by atoms with Crippen LogP contribution in [0.5, 0.6) is 0 Å². The molecule has 14 heavy (non-hydrogen) atoms. The van der Waals surface area contributed by atoms with E-state index in [2.05, 4.69) is 5.32 Å². The van der Waals surface area contributed by atoms with E-state index in [0.717, 1.165) is 12.0 Å². The van der Waals surface area contributed by atoms with Crippen LogP contribution < -0.4 is 11.1 Å². The van der Waals surface area contributed by atoms with Crippen molar-refractivity contribution in [1.82, 2.24) is 5.32 Å². The largest absolute Gasteiger partial charge is 0.366 e. The Kier molecular flexibility index (Phi) is 1.96. The average molecular weight is 190 g/mol. The monoisotopic (exact) mass is 190 g/mol. The zero-order valence-electron chi connectivity index (χ0n) is 7.54. The zero-order valence-corrected chi connectivity index (χ0v) is 7.54. The molecule has 0 bridgehead atoms. The van der Waals surface area contributed by atoms with Crippen LogP contribution >= 0.6 is 0 Å². The summed E-state index contributed by atoms with van der Waals surface area (Å²) in [6, 6.07) is 4.91. The molecule has 4 heteroatoms. The second-order valence-corrected chi connectivity index (χ2v) is 3.24. The van der Waals surface area contributed by atoms with Gasteiger partial charge in [-0.1, -0.05) is 0 Å². The number of nitrogens with two attached hydrogens (primary N) is 1. The lowest BCUT2D eigenvalue weighted by molar-refractivity contribution is 0.0943. The summed E-state index contributed by atoms with van der Waals surface area (Å²) < 4.78 is 0. The second-order valence-electron chi connectivity index (χ2n) is 3.24. The van der Waals surface area contributed by atoms with Gasteiger partial charge in [-0.05, 0) is 30.2 Å². The van der Waals surface area contributed by atoms with E-state index >= 15 is 0 Å². The number of hydrogen-bond donors (Lipinski definition) is 2. The van der Waals surface area contributed by atoms with E-state index in [1.807, 2.05) is 0 Å². The van der Waals surface area contributed by atoms with Gasteiger partial charge in [-0.25, -0.2) is 0 Å². The maximum atomic E-state index is 11.3. The molecule has 0 saturated carbocycles. The lowest BCUT2D eigenvalue weighted by atomic mass is 9.98. The fourth-order valence-electron chi connectivity index (χ4n) is 1.58. The molecular formula is C10H10N2O2. The molecule has 0 fully saturated rings. The lowest BCUT2D eigenvalue weighted by Crippen LogP contribution is -2.32. The highest BCUT2D eigenvalue weighted by atomic mass is 16.2. The van der Waals surface area contributed by atoms with Crippen LogP contribution in [0.3, 0.4) is 0 Å². The molecule has 1 heterocycles. The highest BCUT2D eigenvalue weighted by Crippen LogP contribution is 2.15. The SMILES string of the molecule is NC(=O)c1ccc2c(c1)CCNC2=O. The van der Waals surface area contributed by atoms with Crippen LogP contribution in [0, 0.1) is 0 Å². The highest BCUT2D eigenvalue weighted by molar-refractivity contribution is 5.99. The average Bonchev–Trinajstić information content (AvgIpc) is 2.17. The van der Waals surface area contributed by atoms with Crippen molar-refractivity contribution in [3.63, 3.8) is 0 Å². The smallest absolute Gasteiger partial charge is 0.251 e. The van der Waals surface area contributed by atoms with Gasteiger partial charge in [0.25, 0.3) is 5.91 Å². The lowest BCUT2D eigenvalue weighted by Gasteiger charge is -2.16. The second kappa shape index (κ2) is 3.14. The Balaban J connectivity index is 2.49. The normalized spacial score (nSPS) is 14.4. The first kappa shape index (κ1) is 8.74. The predicted molar refractivity (Wildman–Crippen MR) is 51.0 cm³/mol. The number of hydrogen-bond acceptors (Lipinski definition) is 2. The van der Waals surface area contributed by atoms with Gasteiger partial charge in [0.05, 0.1) is 0 Å². The van der Waals surface area contributed by atoms with Crippen molar-refractivity contribution in [2.75, 3.05) is 6.54 Å². The fraction of sp³-hybridized carbons (Fsp3) is 0.200. The summed E-state index contributed by atoms with van der Waals surface area (Å²) in [5.74, 6) is -0.541. The number of benzene rings is 1. The Hall–Kier alpha value is -1.84. The summed E-state index contributed by atoms with van der Waals surface area (Å²) in [6.07, 6.45) is 0.752. The minimum atomic E-state index is -0.459. The molecule has 4 nitrogen and oxygen atoms in total. The van der Waals surface area contributed by atoms with Crippen LogP contribution in [0.4, 0.5) is 0 Å². The van der Waals surface area contributed by atoms with Crippen LogP contribution in [-0.2, 0) is 6.42 Å². The molecule has 1 aliphatic rings. The summed E-state index contributed by atoms with van der Waals surface area (Å²) >= 11 is 0. The molecule has 0 radical (unpaired) electrons. The molecule has 0 atom stereocenters. The van der Waals surface area contributed by atoms with Gasteiger partial charge in [-0.3, -0.25) is 9.59 Å². The number of nitrogens with one attached hydrogen (secondary N) is 1. The van der Waals surface area contributed by atoms with Gasteiger partial charge in [0.1, 0.15) is 0 Å². The summed E-state index contributed by atoms with van der Waals surface area (Å²) in [5.41, 5.74) is 7.13. The standard InChI is InChI=1S/C10H10N2O2/c11-9(13)7-1-2-8-6(5-7)3-4-12-10(8)14/h1-2,5H,3-4H2,(H2,11,13)(H,12,14). The first-order chi connectivity index (χ1) is 6.68. The quantitative estimate of drug-likeness (QED) is 0.657. The number of amides is 2. The molecule has 0 aliphatic carbocycles. The molecule has 0 spiro atoms. The third kappa shape index (κ3) is 1.35. The van der Waals surface area contributed by atoms with Crippen LogP contribution in [0.1, 0.15) is 26.3 Å². The van der Waals surface area contributed by atoms with E-state index in [-0.39, 0.29) is 5.91 Å². The zero-order chi connectivity index (χ0) is 10.1. The first-order valence-corrected chi connectivity index (χ1v) is 4.39. The van der Waals surface area contributed by atoms with Crippen molar-refractivity contribution < 1.29 is 9.59 Å². The van der Waals surface area contributed by atoms with E-state index in [4.69, 9.17) is 5.73 Å². The summed E-state index contributed by atoms with van der Waals surface area (Å²) in [4.78, 5) is 22.2. The number of fused-ring (bicyclic) bond motifs is 1. The van der Waals surface area contributed by atoms with E-state index in [9.17, 15) is 9.59 Å². The highest BCUT2D eigenvalue weighted by Gasteiger charge is 2.17. The van der Waals surface area contributed by atoms with Crippen molar-refractivity contribution in [3.8, 4) is 0 Å². The maximum absolute atomic E-state index is 11.3. The van der Waals surface area contributed by atoms with Gasteiger partial charge in [-0.2, -0.15) is 0 Å². The Morgan fingerprint density at radius 2 is 2.21 bits per heavy atom. The molecule has 0 aromatic heterocycles. The topological polar surface area (TPSA) is 72.2 Å². The molecule has 2 amide bonds. The summed E-state index contributed by atoms with van der Waals surface area (Å²) in [6.45, 7) is 0.619. The van der Waals surface area contributed by atoms with Gasteiger partial charge >= 0.3 is 0 Å². The number of carbonyl (C=O) groups is 2. The van der Waals surface area contributed by atoms with Crippen molar-refractivity contribution in [1.29, 1.82) is 0 Å². The fourth-order valence-corrected chi connectivity index (χ4v) is 1.58. The van der Waals surface area contributed by atoms with Crippen LogP contribution in [0.15, 0.2) is 18.2 Å². The molecule has 0 unspecified atom stereocenters.